The molecule has 1 aromatic rings. The van der Waals surface area contributed by atoms with Crippen LogP contribution in [0.25, 0.3) is 0 Å². The van der Waals surface area contributed by atoms with Crippen LogP contribution in [0.15, 0.2) is 23.4 Å². The molecule has 4 N–H and O–H groups in total. The van der Waals surface area contributed by atoms with Gasteiger partial charge in [0.1, 0.15) is 5.75 Å². The number of fused-ring (bicyclic) bond motifs is 5. The fourth-order valence-corrected chi connectivity index (χ4v) is 5.65. The number of phenolic OH excluding ortho intramolecular Hbond substituents is 1. The van der Waals surface area contributed by atoms with Crippen LogP contribution in [0.1, 0.15) is 49.7 Å². The number of aromatic hydroxyl groups is 1. The second-order valence-corrected chi connectivity index (χ2v) is 8.35. The maximum Gasteiger partial charge on any atom is 0.344 e. The van der Waals surface area contributed by atoms with E-state index in [1.54, 1.807) is 12.1 Å². The standard InChI is InChI=1S/C20H25NO6/c1-20-5-4-12-11-3-2-10(22)6-14(11)16(21-27-9-18(24)25)7-13(12)15(20)8-17(23)19(20)26/h2-3,6,12-13,15,17,19,22-23,26H,4-5,7-9H2,1H3,(H,24,25)/t12-,13+,15-,17?,19?,20+/m1/s1. The van der Waals surface area contributed by atoms with Crippen molar-refractivity contribution in [3.05, 3.63) is 29.3 Å². The van der Waals surface area contributed by atoms with Gasteiger partial charge < -0.3 is 25.3 Å². The Kier molecular flexibility index (Phi) is 4.39. The zero-order valence-corrected chi connectivity index (χ0v) is 15.2. The Bertz CT molecular complexity index is 793. The Morgan fingerprint density at radius 2 is 2.15 bits per heavy atom. The summed E-state index contributed by atoms with van der Waals surface area (Å²) in [5.41, 5.74) is 2.15. The Balaban J connectivity index is 1.73. The number of carboxylic acid groups (broad SMARTS) is 1. The first-order valence-corrected chi connectivity index (χ1v) is 9.41. The largest absolute Gasteiger partial charge is 0.508 e. The van der Waals surface area contributed by atoms with Crippen LogP contribution in [0.2, 0.25) is 0 Å². The Labute approximate surface area is 157 Å². The van der Waals surface area contributed by atoms with Crippen molar-refractivity contribution in [1.82, 2.24) is 0 Å². The van der Waals surface area contributed by atoms with Crippen LogP contribution in [-0.4, -0.2) is 50.9 Å². The first-order chi connectivity index (χ1) is 12.8. The minimum absolute atomic E-state index is 0.130. The van der Waals surface area contributed by atoms with E-state index in [4.69, 9.17) is 9.94 Å². The predicted octanol–water partition coefficient (Wildman–Crippen LogP) is 1.84. The molecule has 1 aromatic carbocycles. The van der Waals surface area contributed by atoms with E-state index in [9.17, 15) is 20.1 Å². The van der Waals surface area contributed by atoms with Gasteiger partial charge in [-0.1, -0.05) is 18.1 Å². The van der Waals surface area contributed by atoms with Crippen molar-refractivity contribution in [1.29, 1.82) is 0 Å². The fourth-order valence-electron chi connectivity index (χ4n) is 5.65. The lowest BCUT2D eigenvalue weighted by atomic mass is 9.55. The molecule has 6 atom stereocenters. The van der Waals surface area contributed by atoms with Gasteiger partial charge in [0.05, 0.1) is 17.9 Å². The molecule has 0 bridgehead atoms. The van der Waals surface area contributed by atoms with Gasteiger partial charge in [0.15, 0.2) is 0 Å². The normalized spacial score (nSPS) is 38.8. The van der Waals surface area contributed by atoms with Crippen molar-refractivity contribution in [2.45, 2.75) is 50.7 Å². The molecule has 0 saturated heterocycles. The lowest BCUT2D eigenvalue weighted by Gasteiger charge is -2.49. The quantitative estimate of drug-likeness (QED) is 0.599. The summed E-state index contributed by atoms with van der Waals surface area (Å²) in [7, 11) is 0. The molecule has 7 nitrogen and oxygen atoms in total. The molecule has 0 radical (unpaired) electrons. The highest BCUT2D eigenvalue weighted by atomic mass is 16.6. The van der Waals surface area contributed by atoms with Crippen molar-refractivity contribution in [3.8, 4) is 5.75 Å². The van der Waals surface area contributed by atoms with Crippen LogP contribution in [0, 0.1) is 17.3 Å². The number of rotatable bonds is 3. The maximum atomic E-state index is 10.7. The summed E-state index contributed by atoms with van der Waals surface area (Å²) in [6.07, 6.45) is 1.40. The van der Waals surface area contributed by atoms with E-state index < -0.39 is 24.8 Å². The van der Waals surface area contributed by atoms with Crippen LogP contribution in [-0.2, 0) is 9.63 Å². The molecule has 0 aliphatic heterocycles. The highest BCUT2D eigenvalue weighted by molar-refractivity contribution is 6.03. The summed E-state index contributed by atoms with van der Waals surface area (Å²) in [6, 6.07) is 5.21. The highest BCUT2D eigenvalue weighted by Gasteiger charge is 2.58. The van der Waals surface area contributed by atoms with Gasteiger partial charge in [-0.2, -0.15) is 0 Å². The van der Waals surface area contributed by atoms with E-state index in [0.717, 1.165) is 24.0 Å². The van der Waals surface area contributed by atoms with Gasteiger partial charge in [-0.15, -0.1) is 0 Å². The van der Waals surface area contributed by atoms with Gasteiger partial charge in [0.2, 0.25) is 6.61 Å². The first-order valence-electron chi connectivity index (χ1n) is 9.41. The van der Waals surface area contributed by atoms with Crippen LogP contribution in [0.4, 0.5) is 0 Å². The number of aliphatic hydroxyl groups excluding tert-OH is 2. The Morgan fingerprint density at radius 3 is 2.89 bits per heavy atom. The minimum atomic E-state index is -1.10. The summed E-state index contributed by atoms with van der Waals surface area (Å²) in [5.74, 6) is -0.385. The van der Waals surface area contributed by atoms with Gasteiger partial charge in [0, 0.05) is 5.56 Å². The number of carboxylic acids is 1. The van der Waals surface area contributed by atoms with Gasteiger partial charge >= 0.3 is 5.97 Å². The summed E-state index contributed by atoms with van der Waals surface area (Å²) >= 11 is 0. The van der Waals surface area contributed by atoms with Gasteiger partial charge in [-0.05, 0) is 66.5 Å². The van der Waals surface area contributed by atoms with Crippen molar-refractivity contribution in [2.75, 3.05) is 6.61 Å². The van der Waals surface area contributed by atoms with Gasteiger partial charge in [-0.3, -0.25) is 0 Å². The third-order valence-electron chi connectivity index (χ3n) is 6.95. The first kappa shape index (κ1) is 18.3. The number of oxime groups is 1. The molecule has 7 heteroatoms. The monoisotopic (exact) mass is 375 g/mol. The second-order valence-electron chi connectivity index (χ2n) is 8.35. The summed E-state index contributed by atoms with van der Waals surface area (Å²) in [4.78, 5) is 15.7. The molecule has 2 unspecified atom stereocenters. The van der Waals surface area contributed by atoms with Crippen LogP contribution in [0.5, 0.6) is 5.75 Å². The third kappa shape index (κ3) is 2.89. The Morgan fingerprint density at radius 1 is 1.37 bits per heavy atom. The van der Waals surface area contributed by atoms with Crippen molar-refractivity contribution >= 4 is 11.7 Å². The molecule has 2 saturated carbocycles. The number of hydrogen-bond donors (Lipinski definition) is 4. The molecule has 3 aliphatic carbocycles. The minimum Gasteiger partial charge on any atom is -0.508 e. The van der Waals surface area contributed by atoms with E-state index in [1.807, 2.05) is 6.07 Å². The molecule has 4 rings (SSSR count). The average molecular weight is 375 g/mol. The number of nitrogens with zero attached hydrogens (tertiary/aromatic N) is 1. The topological polar surface area (TPSA) is 120 Å². The molecule has 3 aliphatic rings. The van der Waals surface area contributed by atoms with Gasteiger partial charge in [0.25, 0.3) is 0 Å². The van der Waals surface area contributed by atoms with Crippen molar-refractivity contribution in [2.24, 2.45) is 22.4 Å². The predicted molar refractivity (Wildman–Crippen MR) is 96.5 cm³/mol. The number of hydrogen-bond acceptors (Lipinski definition) is 6. The number of aliphatic carboxylic acids is 1. The molecule has 0 spiro atoms. The molecule has 0 heterocycles. The lowest BCUT2D eigenvalue weighted by Crippen LogP contribution is -2.45. The van der Waals surface area contributed by atoms with Crippen molar-refractivity contribution in [3.63, 3.8) is 0 Å². The van der Waals surface area contributed by atoms with Crippen molar-refractivity contribution < 1.29 is 30.1 Å². The molecular weight excluding hydrogens is 350 g/mol. The van der Waals surface area contributed by atoms with E-state index in [-0.39, 0.29) is 28.9 Å². The molecule has 2 fully saturated rings. The molecule has 146 valence electrons. The molecule has 27 heavy (non-hydrogen) atoms. The summed E-state index contributed by atoms with van der Waals surface area (Å²) in [6.45, 7) is 1.53. The zero-order chi connectivity index (χ0) is 19.3. The number of phenols is 1. The molecule has 0 amide bonds. The van der Waals surface area contributed by atoms with Gasteiger partial charge in [-0.25, -0.2) is 4.79 Å². The smallest absolute Gasteiger partial charge is 0.344 e. The average Bonchev–Trinajstić information content (AvgIpc) is 2.85. The summed E-state index contributed by atoms with van der Waals surface area (Å²) in [5, 5.41) is 43.6. The SMILES string of the molecule is C[C@]12CC[C@@H]3c4ccc(O)cc4C(=NOCC(=O)O)C[C@@H]3[C@H]1CC(O)C2O. The second kappa shape index (κ2) is 6.49. The van der Waals surface area contributed by atoms with Crippen LogP contribution in [0.3, 0.4) is 0 Å². The summed E-state index contributed by atoms with van der Waals surface area (Å²) < 4.78 is 0. The number of carbonyl (C=O) groups is 1. The Hall–Kier alpha value is -2.12. The highest BCUT2D eigenvalue weighted by Crippen LogP contribution is 2.61. The van der Waals surface area contributed by atoms with Crippen LogP contribution < -0.4 is 0 Å². The molecular formula is C20H25NO6. The lowest BCUT2D eigenvalue weighted by molar-refractivity contribution is -0.142. The zero-order valence-electron chi connectivity index (χ0n) is 15.2. The fraction of sp³-hybridized carbons (Fsp3) is 0.600. The molecule has 0 aromatic heterocycles. The van der Waals surface area contributed by atoms with Crippen LogP contribution >= 0.6 is 0 Å². The van der Waals surface area contributed by atoms with E-state index in [2.05, 4.69) is 12.1 Å². The van der Waals surface area contributed by atoms with E-state index >= 15 is 0 Å². The third-order valence-corrected chi connectivity index (χ3v) is 6.95. The maximum absolute atomic E-state index is 10.7. The van der Waals surface area contributed by atoms with E-state index in [1.165, 1.54) is 0 Å². The number of benzene rings is 1. The van der Waals surface area contributed by atoms with E-state index in [0.29, 0.717) is 18.6 Å². The number of aliphatic hydroxyl groups is 2.